The van der Waals surface area contributed by atoms with E-state index in [-0.39, 0.29) is 0 Å². The average molecular weight is 302 g/mol. The summed E-state index contributed by atoms with van der Waals surface area (Å²) in [6, 6.07) is 4.17. The molecule has 0 aromatic carbocycles. The Labute approximate surface area is 130 Å². The average Bonchev–Trinajstić information content (AvgIpc) is 2.39. The highest BCUT2D eigenvalue weighted by atomic mass is 32.2. The SMILES string of the molecule is CCCNc1nc(C)nc(Sc2cc(C)cc(C)n2)c1C. The summed E-state index contributed by atoms with van der Waals surface area (Å²) < 4.78 is 0. The molecule has 5 heteroatoms. The molecule has 1 N–H and O–H groups in total. The molecule has 0 bridgehead atoms. The van der Waals surface area contributed by atoms with Crippen LogP contribution in [-0.4, -0.2) is 21.5 Å². The van der Waals surface area contributed by atoms with Crippen molar-refractivity contribution in [1.82, 2.24) is 15.0 Å². The molecule has 0 radical (unpaired) electrons. The fraction of sp³-hybridized carbons (Fsp3) is 0.438. The van der Waals surface area contributed by atoms with E-state index in [0.29, 0.717) is 0 Å². The lowest BCUT2D eigenvalue weighted by Crippen LogP contribution is -2.07. The molecular formula is C16H22N4S. The van der Waals surface area contributed by atoms with E-state index in [4.69, 9.17) is 0 Å². The maximum absolute atomic E-state index is 4.57. The minimum Gasteiger partial charge on any atom is -0.370 e. The summed E-state index contributed by atoms with van der Waals surface area (Å²) in [5, 5.41) is 5.32. The molecule has 2 rings (SSSR count). The third-order valence-corrected chi connectivity index (χ3v) is 4.04. The van der Waals surface area contributed by atoms with Gasteiger partial charge in [0.15, 0.2) is 0 Å². The Kier molecular flexibility index (Phi) is 5.17. The van der Waals surface area contributed by atoms with Crippen LogP contribution in [0.1, 0.15) is 36.0 Å². The van der Waals surface area contributed by atoms with Gasteiger partial charge in [-0.3, -0.25) is 0 Å². The van der Waals surface area contributed by atoms with Gasteiger partial charge < -0.3 is 5.32 Å². The Bertz CT molecular complexity index is 620. The summed E-state index contributed by atoms with van der Waals surface area (Å²) in [5.41, 5.74) is 3.34. The van der Waals surface area contributed by atoms with Crippen LogP contribution in [-0.2, 0) is 0 Å². The third kappa shape index (κ3) is 4.17. The maximum atomic E-state index is 4.57. The Hall–Kier alpha value is -1.62. The predicted octanol–water partition coefficient (Wildman–Crippen LogP) is 4.08. The van der Waals surface area contributed by atoms with Crippen LogP contribution in [0.25, 0.3) is 0 Å². The number of nitrogens with one attached hydrogen (secondary N) is 1. The number of aromatic nitrogens is 3. The number of pyridine rings is 1. The zero-order valence-electron chi connectivity index (χ0n) is 13.3. The molecule has 2 aromatic heterocycles. The number of aryl methyl sites for hydroxylation is 3. The zero-order valence-corrected chi connectivity index (χ0v) is 14.1. The van der Waals surface area contributed by atoms with Crippen molar-refractivity contribution in [3.63, 3.8) is 0 Å². The van der Waals surface area contributed by atoms with Gasteiger partial charge >= 0.3 is 0 Å². The van der Waals surface area contributed by atoms with Gasteiger partial charge in [0.25, 0.3) is 0 Å². The number of anilines is 1. The molecule has 0 saturated carbocycles. The molecule has 0 unspecified atom stereocenters. The molecular weight excluding hydrogens is 280 g/mol. The summed E-state index contributed by atoms with van der Waals surface area (Å²) >= 11 is 1.60. The first-order valence-electron chi connectivity index (χ1n) is 7.22. The van der Waals surface area contributed by atoms with Gasteiger partial charge in [0.05, 0.1) is 0 Å². The molecule has 2 heterocycles. The van der Waals surface area contributed by atoms with Crippen LogP contribution in [0.15, 0.2) is 22.2 Å². The Morgan fingerprint density at radius 3 is 2.48 bits per heavy atom. The topological polar surface area (TPSA) is 50.7 Å². The van der Waals surface area contributed by atoms with Gasteiger partial charge in [-0.1, -0.05) is 6.92 Å². The Morgan fingerprint density at radius 2 is 1.81 bits per heavy atom. The minimum absolute atomic E-state index is 0.783. The van der Waals surface area contributed by atoms with Crippen LogP contribution in [0.2, 0.25) is 0 Å². The third-order valence-electron chi connectivity index (χ3n) is 3.03. The van der Waals surface area contributed by atoms with Crippen LogP contribution < -0.4 is 5.32 Å². The van der Waals surface area contributed by atoms with Gasteiger partial charge in [-0.25, -0.2) is 15.0 Å². The summed E-state index contributed by atoms with van der Waals surface area (Å²) in [6.07, 6.45) is 1.07. The standard InChI is InChI=1S/C16H22N4S/c1-6-7-17-15-12(4)16(20-13(5)19-15)21-14-9-10(2)8-11(3)18-14/h8-9H,6-7H2,1-5H3,(H,17,19,20). The highest BCUT2D eigenvalue weighted by molar-refractivity contribution is 7.99. The Morgan fingerprint density at radius 1 is 1.05 bits per heavy atom. The smallest absolute Gasteiger partial charge is 0.133 e. The molecule has 21 heavy (non-hydrogen) atoms. The second kappa shape index (κ2) is 6.89. The van der Waals surface area contributed by atoms with Crippen LogP contribution >= 0.6 is 11.8 Å². The molecule has 4 nitrogen and oxygen atoms in total. The summed E-state index contributed by atoms with van der Waals surface area (Å²) in [4.78, 5) is 13.6. The van der Waals surface area contributed by atoms with E-state index in [1.807, 2.05) is 13.8 Å². The van der Waals surface area contributed by atoms with Crippen LogP contribution in [0, 0.1) is 27.7 Å². The van der Waals surface area contributed by atoms with E-state index in [9.17, 15) is 0 Å². The molecule has 0 atom stereocenters. The second-order valence-electron chi connectivity index (χ2n) is 5.20. The van der Waals surface area contributed by atoms with E-state index in [1.54, 1.807) is 11.8 Å². The van der Waals surface area contributed by atoms with Crippen molar-refractivity contribution in [2.45, 2.75) is 51.1 Å². The van der Waals surface area contributed by atoms with Crippen molar-refractivity contribution in [3.05, 3.63) is 34.8 Å². The first kappa shape index (κ1) is 15.8. The van der Waals surface area contributed by atoms with Crippen molar-refractivity contribution in [2.24, 2.45) is 0 Å². The molecule has 0 aliphatic heterocycles. The molecule has 0 amide bonds. The van der Waals surface area contributed by atoms with E-state index in [2.05, 4.69) is 53.2 Å². The predicted molar refractivity (Wildman–Crippen MR) is 88.1 cm³/mol. The summed E-state index contributed by atoms with van der Waals surface area (Å²) in [5.74, 6) is 1.71. The van der Waals surface area contributed by atoms with Crippen LogP contribution in [0.3, 0.4) is 0 Å². The van der Waals surface area contributed by atoms with Gasteiger partial charge in [-0.15, -0.1) is 0 Å². The fourth-order valence-corrected chi connectivity index (χ4v) is 3.13. The monoisotopic (exact) mass is 302 g/mol. The summed E-state index contributed by atoms with van der Waals surface area (Å²) in [7, 11) is 0. The largest absolute Gasteiger partial charge is 0.370 e. The summed E-state index contributed by atoms with van der Waals surface area (Å²) in [6.45, 7) is 11.2. The molecule has 0 spiro atoms. The van der Waals surface area contributed by atoms with Gasteiger partial charge in [-0.05, 0) is 63.6 Å². The number of hydrogen-bond acceptors (Lipinski definition) is 5. The highest BCUT2D eigenvalue weighted by Crippen LogP contribution is 2.30. The van der Waals surface area contributed by atoms with Gasteiger partial charge in [0.1, 0.15) is 21.7 Å². The minimum atomic E-state index is 0.783. The molecule has 112 valence electrons. The zero-order chi connectivity index (χ0) is 15.4. The normalized spacial score (nSPS) is 10.7. The van der Waals surface area contributed by atoms with Crippen molar-refractivity contribution in [1.29, 1.82) is 0 Å². The van der Waals surface area contributed by atoms with Crippen molar-refractivity contribution in [2.75, 3.05) is 11.9 Å². The lowest BCUT2D eigenvalue weighted by Gasteiger charge is -2.12. The lowest BCUT2D eigenvalue weighted by atomic mass is 10.3. The van der Waals surface area contributed by atoms with Crippen molar-refractivity contribution < 1.29 is 0 Å². The Balaban J connectivity index is 2.32. The molecule has 0 saturated heterocycles. The van der Waals surface area contributed by atoms with E-state index >= 15 is 0 Å². The van der Waals surface area contributed by atoms with Crippen molar-refractivity contribution in [3.8, 4) is 0 Å². The molecule has 0 fully saturated rings. The quantitative estimate of drug-likeness (QED) is 0.843. The van der Waals surface area contributed by atoms with E-state index in [1.165, 1.54) is 5.56 Å². The van der Waals surface area contributed by atoms with Crippen molar-refractivity contribution >= 4 is 17.6 Å². The number of hydrogen-bond donors (Lipinski definition) is 1. The first-order chi connectivity index (χ1) is 9.99. The fourth-order valence-electron chi connectivity index (χ4n) is 2.07. The molecule has 2 aromatic rings. The highest BCUT2D eigenvalue weighted by Gasteiger charge is 2.11. The number of rotatable bonds is 5. The first-order valence-corrected chi connectivity index (χ1v) is 8.03. The second-order valence-corrected chi connectivity index (χ2v) is 6.21. The molecule has 0 aliphatic rings. The van der Waals surface area contributed by atoms with Crippen LogP contribution in [0.4, 0.5) is 5.82 Å². The van der Waals surface area contributed by atoms with Crippen LogP contribution in [0.5, 0.6) is 0 Å². The number of nitrogens with zero attached hydrogens (tertiary/aromatic N) is 3. The van der Waals surface area contributed by atoms with Gasteiger partial charge in [0.2, 0.25) is 0 Å². The van der Waals surface area contributed by atoms with E-state index in [0.717, 1.165) is 45.9 Å². The van der Waals surface area contributed by atoms with E-state index < -0.39 is 0 Å². The maximum Gasteiger partial charge on any atom is 0.133 e. The lowest BCUT2D eigenvalue weighted by molar-refractivity contribution is 0.906. The van der Waals surface area contributed by atoms with Gasteiger partial charge in [0, 0.05) is 17.8 Å². The molecule has 0 aliphatic carbocycles. The van der Waals surface area contributed by atoms with Gasteiger partial charge in [-0.2, -0.15) is 0 Å².